The molecule has 0 spiro atoms. The van der Waals surface area contributed by atoms with E-state index in [4.69, 9.17) is 4.74 Å². The van der Waals surface area contributed by atoms with E-state index in [1.165, 1.54) is 0 Å². The van der Waals surface area contributed by atoms with E-state index in [2.05, 4.69) is 0 Å². The lowest BCUT2D eigenvalue weighted by molar-refractivity contribution is -0.141. The van der Waals surface area contributed by atoms with Crippen molar-refractivity contribution in [2.45, 2.75) is 31.7 Å². The molecule has 1 aromatic rings. The van der Waals surface area contributed by atoms with Crippen LogP contribution in [0.4, 0.5) is 0 Å². The summed E-state index contributed by atoms with van der Waals surface area (Å²) in [5.74, 6) is -1.48. The highest BCUT2D eigenvalue weighted by Crippen LogP contribution is 2.28. The number of aliphatic carboxylic acids is 1. The van der Waals surface area contributed by atoms with Gasteiger partial charge in [-0.15, -0.1) is 0 Å². The van der Waals surface area contributed by atoms with Crippen LogP contribution in [0.3, 0.4) is 0 Å². The highest BCUT2D eigenvalue weighted by Gasteiger charge is 2.31. The molecule has 1 aromatic carbocycles. The number of carbonyl (C=O) groups is 2. The Hall–Kier alpha value is -1.88. The number of carboxylic acid groups (broad SMARTS) is 1. The van der Waals surface area contributed by atoms with Crippen LogP contribution < -0.4 is 0 Å². The summed E-state index contributed by atoms with van der Waals surface area (Å²) in [6.07, 6.45) is 2.05. The zero-order chi connectivity index (χ0) is 15.2. The number of methoxy groups -OCH3 is 1. The van der Waals surface area contributed by atoms with Gasteiger partial charge in [-0.05, 0) is 24.0 Å². The van der Waals surface area contributed by atoms with Crippen LogP contribution in [0.15, 0.2) is 24.3 Å². The Morgan fingerprint density at radius 2 is 2.10 bits per heavy atom. The number of hydrogen-bond acceptors (Lipinski definition) is 3. The molecule has 1 aliphatic heterocycles. The fourth-order valence-corrected chi connectivity index (χ4v) is 2.69. The molecule has 21 heavy (non-hydrogen) atoms. The Morgan fingerprint density at radius 1 is 1.33 bits per heavy atom. The lowest BCUT2D eigenvalue weighted by atomic mass is 9.89. The molecular weight excluding hydrogens is 270 g/mol. The van der Waals surface area contributed by atoms with E-state index in [9.17, 15) is 14.7 Å². The SMILES string of the molecule is COCCCCC(=O)N1Cc2ccccc2C(C(=O)O)C1. The average Bonchev–Trinajstić information content (AvgIpc) is 2.50. The smallest absolute Gasteiger partial charge is 0.312 e. The van der Waals surface area contributed by atoms with Crippen molar-refractivity contribution in [3.05, 3.63) is 35.4 Å². The lowest BCUT2D eigenvalue weighted by Crippen LogP contribution is -2.40. The Kier molecular flexibility index (Phi) is 5.33. The van der Waals surface area contributed by atoms with Gasteiger partial charge in [0.15, 0.2) is 0 Å². The molecule has 0 saturated carbocycles. The van der Waals surface area contributed by atoms with E-state index in [-0.39, 0.29) is 12.5 Å². The number of rotatable bonds is 6. The third kappa shape index (κ3) is 3.82. The van der Waals surface area contributed by atoms with E-state index < -0.39 is 11.9 Å². The fourth-order valence-electron chi connectivity index (χ4n) is 2.69. The molecular formula is C16H21NO4. The van der Waals surface area contributed by atoms with Gasteiger partial charge < -0.3 is 14.7 Å². The zero-order valence-corrected chi connectivity index (χ0v) is 12.2. The second kappa shape index (κ2) is 7.22. The third-order valence-corrected chi connectivity index (χ3v) is 3.83. The van der Waals surface area contributed by atoms with Crippen LogP contribution in [0.5, 0.6) is 0 Å². The molecule has 0 aromatic heterocycles. The first kappa shape index (κ1) is 15.5. The van der Waals surface area contributed by atoms with Gasteiger partial charge in [0.25, 0.3) is 0 Å². The molecule has 5 nitrogen and oxygen atoms in total. The van der Waals surface area contributed by atoms with E-state index in [1.807, 2.05) is 24.3 Å². The van der Waals surface area contributed by atoms with Gasteiger partial charge in [0.2, 0.25) is 5.91 Å². The highest BCUT2D eigenvalue weighted by atomic mass is 16.5. The molecule has 1 atom stereocenters. The predicted molar refractivity (Wildman–Crippen MR) is 78.0 cm³/mol. The first-order valence-electron chi connectivity index (χ1n) is 7.20. The maximum Gasteiger partial charge on any atom is 0.312 e. The van der Waals surface area contributed by atoms with Crippen LogP contribution in [0.2, 0.25) is 0 Å². The summed E-state index contributed by atoms with van der Waals surface area (Å²) in [4.78, 5) is 25.3. The zero-order valence-electron chi connectivity index (χ0n) is 12.2. The number of ether oxygens (including phenoxy) is 1. The van der Waals surface area contributed by atoms with Crippen molar-refractivity contribution in [1.82, 2.24) is 4.90 Å². The maximum atomic E-state index is 12.2. The molecule has 2 rings (SSSR count). The van der Waals surface area contributed by atoms with Crippen LogP contribution in [-0.2, 0) is 20.9 Å². The summed E-state index contributed by atoms with van der Waals surface area (Å²) >= 11 is 0. The number of nitrogens with zero attached hydrogens (tertiary/aromatic N) is 1. The van der Waals surface area contributed by atoms with Crippen molar-refractivity contribution >= 4 is 11.9 Å². The number of carbonyl (C=O) groups excluding carboxylic acids is 1. The summed E-state index contributed by atoms with van der Waals surface area (Å²) in [6.45, 7) is 1.41. The van der Waals surface area contributed by atoms with Gasteiger partial charge in [-0.2, -0.15) is 0 Å². The lowest BCUT2D eigenvalue weighted by Gasteiger charge is -2.33. The summed E-state index contributed by atoms with van der Waals surface area (Å²) < 4.78 is 4.96. The normalized spacial score (nSPS) is 17.4. The Labute approximate surface area is 124 Å². The fraction of sp³-hybridized carbons (Fsp3) is 0.500. The molecule has 0 radical (unpaired) electrons. The number of unbranched alkanes of at least 4 members (excludes halogenated alkanes) is 1. The number of fused-ring (bicyclic) bond motifs is 1. The molecule has 1 aliphatic rings. The third-order valence-electron chi connectivity index (χ3n) is 3.83. The number of benzene rings is 1. The van der Waals surface area contributed by atoms with Crippen molar-refractivity contribution in [3.63, 3.8) is 0 Å². The van der Waals surface area contributed by atoms with E-state index in [0.29, 0.717) is 19.6 Å². The highest BCUT2D eigenvalue weighted by molar-refractivity contribution is 5.81. The molecule has 1 amide bonds. The van der Waals surface area contributed by atoms with Gasteiger partial charge in [-0.1, -0.05) is 24.3 Å². The molecule has 1 heterocycles. The Balaban J connectivity index is 2.03. The summed E-state index contributed by atoms with van der Waals surface area (Å²) in [5, 5.41) is 9.38. The summed E-state index contributed by atoms with van der Waals surface area (Å²) in [5.41, 5.74) is 1.76. The van der Waals surface area contributed by atoms with E-state index >= 15 is 0 Å². The van der Waals surface area contributed by atoms with Crippen molar-refractivity contribution in [3.8, 4) is 0 Å². The van der Waals surface area contributed by atoms with E-state index in [1.54, 1.807) is 12.0 Å². The van der Waals surface area contributed by atoms with E-state index in [0.717, 1.165) is 24.0 Å². The maximum absolute atomic E-state index is 12.2. The van der Waals surface area contributed by atoms with Gasteiger partial charge in [-0.3, -0.25) is 9.59 Å². The van der Waals surface area contributed by atoms with Gasteiger partial charge >= 0.3 is 5.97 Å². The molecule has 5 heteroatoms. The van der Waals surface area contributed by atoms with Crippen LogP contribution in [-0.4, -0.2) is 42.1 Å². The second-order valence-corrected chi connectivity index (χ2v) is 5.31. The monoisotopic (exact) mass is 291 g/mol. The molecule has 114 valence electrons. The second-order valence-electron chi connectivity index (χ2n) is 5.31. The van der Waals surface area contributed by atoms with Crippen LogP contribution in [0, 0.1) is 0 Å². The molecule has 0 bridgehead atoms. The van der Waals surface area contributed by atoms with Gasteiger partial charge in [0.1, 0.15) is 0 Å². The number of amides is 1. The summed E-state index contributed by atoms with van der Waals surface area (Å²) in [6, 6.07) is 7.46. The molecule has 1 N–H and O–H groups in total. The Morgan fingerprint density at radius 3 is 2.81 bits per heavy atom. The minimum Gasteiger partial charge on any atom is -0.481 e. The van der Waals surface area contributed by atoms with Crippen molar-refractivity contribution in [1.29, 1.82) is 0 Å². The first-order valence-corrected chi connectivity index (χ1v) is 7.20. The van der Waals surface area contributed by atoms with Gasteiger partial charge in [0.05, 0.1) is 5.92 Å². The topological polar surface area (TPSA) is 66.8 Å². The minimum atomic E-state index is -0.876. The molecule has 1 unspecified atom stereocenters. The average molecular weight is 291 g/mol. The van der Waals surface area contributed by atoms with Crippen molar-refractivity contribution < 1.29 is 19.4 Å². The number of hydrogen-bond donors (Lipinski definition) is 1. The minimum absolute atomic E-state index is 0.0202. The van der Waals surface area contributed by atoms with Crippen molar-refractivity contribution in [2.75, 3.05) is 20.3 Å². The summed E-state index contributed by atoms with van der Waals surface area (Å²) in [7, 11) is 1.64. The first-order chi connectivity index (χ1) is 10.1. The predicted octanol–water partition coefficient (Wildman–Crippen LogP) is 2.01. The molecule has 0 fully saturated rings. The Bertz CT molecular complexity index is 515. The quantitative estimate of drug-likeness (QED) is 0.814. The standard InChI is InChI=1S/C16H21NO4/c1-21-9-5-4-8-15(18)17-10-12-6-2-3-7-13(12)14(11-17)16(19)20/h2-3,6-7,14H,4-5,8-11H2,1H3,(H,19,20). The largest absolute Gasteiger partial charge is 0.481 e. The number of carboxylic acids is 1. The van der Waals surface area contributed by atoms with Crippen LogP contribution >= 0.6 is 0 Å². The van der Waals surface area contributed by atoms with Crippen LogP contribution in [0.1, 0.15) is 36.3 Å². The van der Waals surface area contributed by atoms with Gasteiger partial charge in [-0.25, -0.2) is 0 Å². The van der Waals surface area contributed by atoms with Gasteiger partial charge in [0, 0.05) is 33.2 Å². The molecule has 0 saturated heterocycles. The molecule has 0 aliphatic carbocycles. The van der Waals surface area contributed by atoms with Crippen molar-refractivity contribution in [2.24, 2.45) is 0 Å². The van der Waals surface area contributed by atoms with Crippen LogP contribution in [0.25, 0.3) is 0 Å².